The van der Waals surface area contributed by atoms with Crippen molar-refractivity contribution in [3.8, 4) is 16.9 Å². The monoisotopic (exact) mass is 461 g/mol. The normalized spacial score (nSPS) is 15.6. The van der Waals surface area contributed by atoms with Crippen molar-refractivity contribution in [2.75, 3.05) is 0 Å². The van der Waals surface area contributed by atoms with Crippen molar-refractivity contribution in [3.05, 3.63) is 87.7 Å². The lowest BCUT2D eigenvalue weighted by atomic mass is 9.93. The number of nitro groups is 1. The molecule has 2 heterocycles. The van der Waals surface area contributed by atoms with E-state index in [0.717, 1.165) is 5.69 Å². The number of carbonyl (C=O) groups is 2. The van der Waals surface area contributed by atoms with Crippen LogP contribution in [0.3, 0.4) is 0 Å². The first-order valence-electron chi connectivity index (χ1n) is 10.6. The maximum absolute atomic E-state index is 13.0. The standard InChI is InChI=1S/C24H23N5O5/c1-14(2)34-23(30)20-15(3)25-24(31)26-22(20)19-13-28(17-7-5-4-6-8-17)27-21(19)16-9-11-18(12-10-16)29(32)33/h4-14,22H,1-3H3,(H2,25,26,31). The average molecular weight is 461 g/mol. The number of aromatic nitrogens is 2. The van der Waals surface area contributed by atoms with E-state index in [1.165, 1.54) is 12.1 Å². The number of benzene rings is 2. The molecular weight excluding hydrogens is 438 g/mol. The van der Waals surface area contributed by atoms with Crippen LogP contribution in [0, 0.1) is 10.1 Å². The molecule has 2 aromatic carbocycles. The molecule has 1 unspecified atom stereocenters. The first kappa shape index (κ1) is 22.7. The van der Waals surface area contributed by atoms with Crippen molar-refractivity contribution >= 4 is 17.7 Å². The van der Waals surface area contributed by atoms with Gasteiger partial charge in [-0.15, -0.1) is 0 Å². The number of hydrogen-bond donors (Lipinski definition) is 2. The van der Waals surface area contributed by atoms with E-state index in [1.54, 1.807) is 43.8 Å². The zero-order valence-electron chi connectivity index (χ0n) is 18.8. The number of carbonyl (C=O) groups excluding carboxylic acids is 2. The lowest BCUT2D eigenvalue weighted by molar-refractivity contribution is -0.384. The lowest BCUT2D eigenvalue weighted by Crippen LogP contribution is -2.45. The number of nitro benzene ring substituents is 1. The molecule has 0 fully saturated rings. The summed E-state index contributed by atoms with van der Waals surface area (Å²) in [5.74, 6) is -0.563. The molecule has 2 N–H and O–H groups in total. The highest BCUT2D eigenvalue weighted by molar-refractivity contribution is 5.95. The zero-order chi connectivity index (χ0) is 24.4. The number of non-ortho nitro benzene ring substituents is 1. The summed E-state index contributed by atoms with van der Waals surface area (Å²) >= 11 is 0. The van der Waals surface area contributed by atoms with E-state index in [1.807, 2.05) is 30.3 Å². The minimum Gasteiger partial charge on any atom is -0.459 e. The van der Waals surface area contributed by atoms with Crippen LogP contribution in [-0.2, 0) is 9.53 Å². The number of urea groups is 1. The SMILES string of the molecule is CC1=C(C(=O)OC(C)C)C(c2cn(-c3ccccc3)nc2-c2ccc([N+](=O)[O-])cc2)NC(=O)N1. The smallest absolute Gasteiger partial charge is 0.338 e. The van der Waals surface area contributed by atoms with Crippen LogP contribution in [-0.4, -0.2) is 32.8 Å². The van der Waals surface area contributed by atoms with Crippen LogP contribution in [0.1, 0.15) is 32.4 Å². The summed E-state index contributed by atoms with van der Waals surface area (Å²) in [6.07, 6.45) is 1.38. The Morgan fingerprint density at radius 2 is 1.82 bits per heavy atom. The summed E-state index contributed by atoms with van der Waals surface area (Å²) < 4.78 is 7.08. The second-order valence-corrected chi connectivity index (χ2v) is 8.04. The Morgan fingerprint density at radius 1 is 1.15 bits per heavy atom. The van der Waals surface area contributed by atoms with Crippen LogP contribution < -0.4 is 10.6 Å². The summed E-state index contributed by atoms with van der Waals surface area (Å²) in [6, 6.07) is 14.0. The molecule has 0 radical (unpaired) electrons. The lowest BCUT2D eigenvalue weighted by Gasteiger charge is -2.28. The van der Waals surface area contributed by atoms with Gasteiger partial charge in [0.1, 0.15) is 0 Å². The number of allylic oxidation sites excluding steroid dienone is 1. The van der Waals surface area contributed by atoms with Crippen molar-refractivity contribution in [1.82, 2.24) is 20.4 Å². The van der Waals surface area contributed by atoms with Gasteiger partial charge in [-0.3, -0.25) is 10.1 Å². The van der Waals surface area contributed by atoms with Crippen LogP contribution in [0.25, 0.3) is 16.9 Å². The molecule has 10 heteroatoms. The second-order valence-electron chi connectivity index (χ2n) is 8.04. The summed E-state index contributed by atoms with van der Waals surface area (Å²) in [7, 11) is 0. The molecule has 0 saturated carbocycles. The van der Waals surface area contributed by atoms with Crippen LogP contribution in [0.4, 0.5) is 10.5 Å². The fraction of sp³-hybridized carbons (Fsp3) is 0.208. The molecular formula is C24H23N5O5. The number of ether oxygens (including phenoxy) is 1. The minimum atomic E-state index is -0.845. The topological polar surface area (TPSA) is 128 Å². The van der Waals surface area contributed by atoms with Gasteiger partial charge < -0.3 is 15.4 Å². The molecule has 1 aliphatic heterocycles. The molecule has 10 nitrogen and oxygen atoms in total. The molecule has 3 aromatic rings. The molecule has 0 saturated heterocycles. The summed E-state index contributed by atoms with van der Waals surface area (Å²) in [6.45, 7) is 5.12. The quantitative estimate of drug-likeness (QED) is 0.324. The van der Waals surface area contributed by atoms with Gasteiger partial charge in [-0.25, -0.2) is 14.3 Å². The van der Waals surface area contributed by atoms with Crippen molar-refractivity contribution < 1.29 is 19.2 Å². The highest BCUT2D eigenvalue weighted by Gasteiger charge is 2.35. The van der Waals surface area contributed by atoms with Gasteiger partial charge in [0.05, 0.1) is 34.0 Å². The molecule has 1 aliphatic rings. The van der Waals surface area contributed by atoms with E-state index in [4.69, 9.17) is 9.84 Å². The van der Waals surface area contributed by atoms with E-state index in [9.17, 15) is 19.7 Å². The largest absolute Gasteiger partial charge is 0.459 e. The fourth-order valence-corrected chi connectivity index (χ4v) is 3.75. The number of nitrogens with zero attached hydrogens (tertiary/aromatic N) is 3. The predicted molar refractivity (Wildman–Crippen MR) is 124 cm³/mol. The average Bonchev–Trinajstić information content (AvgIpc) is 3.24. The Kier molecular flexibility index (Phi) is 6.13. The van der Waals surface area contributed by atoms with Gasteiger partial charge >= 0.3 is 12.0 Å². The van der Waals surface area contributed by atoms with Gasteiger partial charge in [-0.05, 0) is 45.0 Å². The number of hydrogen-bond acceptors (Lipinski definition) is 6. The Morgan fingerprint density at radius 3 is 2.44 bits per heavy atom. The van der Waals surface area contributed by atoms with E-state index >= 15 is 0 Å². The van der Waals surface area contributed by atoms with Crippen molar-refractivity contribution in [2.45, 2.75) is 32.9 Å². The molecule has 0 spiro atoms. The van der Waals surface area contributed by atoms with Gasteiger partial charge in [-0.1, -0.05) is 18.2 Å². The van der Waals surface area contributed by atoms with Crippen molar-refractivity contribution in [2.24, 2.45) is 0 Å². The van der Waals surface area contributed by atoms with E-state index in [0.29, 0.717) is 22.5 Å². The number of esters is 1. The van der Waals surface area contributed by atoms with Crippen LogP contribution in [0.2, 0.25) is 0 Å². The number of para-hydroxylation sites is 1. The number of rotatable bonds is 6. The number of nitrogens with one attached hydrogen (secondary N) is 2. The highest BCUT2D eigenvalue weighted by Crippen LogP contribution is 2.35. The van der Waals surface area contributed by atoms with Crippen LogP contribution >= 0.6 is 0 Å². The third-order valence-corrected chi connectivity index (χ3v) is 5.26. The molecule has 174 valence electrons. The Balaban J connectivity index is 1.88. The maximum Gasteiger partial charge on any atom is 0.338 e. The maximum atomic E-state index is 13.0. The molecule has 0 bridgehead atoms. The van der Waals surface area contributed by atoms with E-state index in [2.05, 4.69) is 10.6 Å². The third kappa shape index (κ3) is 4.51. The van der Waals surface area contributed by atoms with Gasteiger partial charge in [0, 0.05) is 35.2 Å². The van der Waals surface area contributed by atoms with Crippen LogP contribution in [0.5, 0.6) is 0 Å². The van der Waals surface area contributed by atoms with E-state index in [-0.39, 0.29) is 17.4 Å². The van der Waals surface area contributed by atoms with Gasteiger partial charge in [0.15, 0.2) is 0 Å². The van der Waals surface area contributed by atoms with Crippen molar-refractivity contribution in [1.29, 1.82) is 0 Å². The molecule has 1 atom stereocenters. The molecule has 4 rings (SSSR count). The van der Waals surface area contributed by atoms with Crippen LogP contribution in [0.15, 0.2) is 72.1 Å². The summed E-state index contributed by atoms with van der Waals surface area (Å²) in [5.41, 5.74) is 2.95. The minimum absolute atomic E-state index is 0.0556. The number of amides is 2. The van der Waals surface area contributed by atoms with Gasteiger partial charge in [0.2, 0.25) is 0 Å². The Bertz CT molecular complexity index is 1280. The summed E-state index contributed by atoms with van der Waals surface area (Å²) in [5, 5.41) is 21.2. The zero-order valence-corrected chi connectivity index (χ0v) is 18.8. The highest BCUT2D eigenvalue weighted by atomic mass is 16.6. The van der Waals surface area contributed by atoms with Crippen molar-refractivity contribution in [3.63, 3.8) is 0 Å². The first-order valence-corrected chi connectivity index (χ1v) is 10.6. The third-order valence-electron chi connectivity index (χ3n) is 5.26. The summed E-state index contributed by atoms with van der Waals surface area (Å²) in [4.78, 5) is 36.0. The predicted octanol–water partition coefficient (Wildman–Crippen LogP) is 4.03. The fourth-order valence-electron chi connectivity index (χ4n) is 3.75. The molecule has 0 aliphatic carbocycles. The first-order chi connectivity index (χ1) is 16.2. The second kappa shape index (κ2) is 9.18. The Labute approximate surface area is 195 Å². The molecule has 34 heavy (non-hydrogen) atoms. The molecule has 1 aromatic heterocycles. The van der Waals surface area contributed by atoms with Gasteiger partial charge in [0.25, 0.3) is 5.69 Å². The molecule has 2 amide bonds. The Hall–Kier alpha value is -4.47. The van der Waals surface area contributed by atoms with E-state index < -0.39 is 23.0 Å². The van der Waals surface area contributed by atoms with Gasteiger partial charge in [-0.2, -0.15) is 5.10 Å².